The molecular formula is C20H21FN2O3. The van der Waals surface area contributed by atoms with Crippen LogP contribution >= 0.6 is 0 Å². The molecule has 2 aromatic carbocycles. The Bertz CT molecular complexity index is 792. The van der Waals surface area contributed by atoms with Crippen LogP contribution in [0.5, 0.6) is 5.75 Å². The van der Waals surface area contributed by atoms with Crippen molar-refractivity contribution in [3.63, 3.8) is 0 Å². The lowest BCUT2D eigenvalue weighted by molar-refractivity contribution is -0.125. The van der Waals surface area contributed by atoms with Gasteiger partial charge in [-0.05, 0) is 43.2 Å². The number of halogens is 1. The lowest BCUT2D eigenvalue weighted by atomic mass is 10.1. The van der Waals surface area contributed by atoms with Gasteiger partial charge in [0.1, 0.15) is 11.6 Å². The molecule has 3 rings (SSSR count). The maximum absolute atomic E-state index is 12.9. The van der Waals surface area contributed by atoms with Gasteiger partial charge in [-0.2, -0.15) is 0 Å². The van der Waals surface area contributed by atoms with Crippen molar-refractivity contribution >= 4 is 17.5 Å². The third-order valence-electron chi connectivity index (χ3n) is 4.29. The zero-order valence-corrected chi connectivity index (χ0v) is 14.6. The molecule has 2 amide bonds. The lowest BCUT2D eigenvalue weighted by Gasteiger charge is -2.32. The molecule has 0 spiro atoms. The molecule has 0 aromatic heterocycles. The standard InChI is InChI=1S/C20H21FN2O3/c1-14-20(25)23(17-4-2-3-5-18(17)26-14)13-11-19(24)22-12-10-15-6-8-16(21)9-7-15/h2-9,14H,10-13H2,1H3,(H,22,24)/t14-/m1/s1. The quantitative estimate of drug-likeness (QED) is 0.866. The third-order valence-corrected chi connectivity index (χ3v) is 4.29. The summed E-state index contributed by atoms with van der Waals surface area (Å²) in [5, 5.41) is 2.83. The van der Waals surface area contributed by atoms with Crippen LogP contribution < -0.4 is 15.0 Å². The molecule has 2 aromatic rings. The molecule has 0 aliphatic carbocycles. The zero-order valence-electron chi connectivity index (χ0n) is 14.6. The van der Waals surface area contributed by atoms with Crippen molar-refractivity contribution in [2.45, 2.75) is 25.9 Å². The highest BCUT2D eigenvalue weighted by atomic mass is 19.1. The minimum absolute atomic E-state index is 0.128. The first kappa shape index (κ1) is 17.9. The molecule has 0 fully saturated rings. The van der Waals surface area contributed by atoms with E-state index in [1.54, 1.807) is 24.0 Å². The number of nitrogens with zero attached hydrogens (tertiary/aromatic N) is 1. The summed E-state index contributed by atoms with van der Waals surface area (Å²) in [6, 6.07) is 13.5. The molecule has 1 N–H and O–H groups in total. The molecular weight excluding hydrogens is 335 g/mol. The summed E-state index contributed by atoms with van der Waals surface area (Å²) >= 11 is 0. The number of para-hydroxylation sites is 2. The first-order valence-electron chi connectivity index (χ1n) is 8.63. The number of hydrogen-bond donors (Lipinski definition) is 1. The number of hydrogen-bond acceptors (Lipinski definition) is 3. The highest BCUT2D eigenvalue weighted by Gasteiger charge is 2.31. The van der Waals surface area contributed by atoms with Gasteiger partial charge in [-0.15, -0.1) is 0 Å². The van der Waals surface area contributed by atoms with E-state index in [0.29, 0.717) is 30.9 Å². The van der Waals surface area contributed by atoms with Crippen LogP contribution in [0.4, 0.5) is 10.1 Å². The van der Waals surface area contributed by atoms with Gasteiger partial charge in [-0.25, -0.2) is 4.39 Å². The van der Waals surface area contributed by atoms with Gasteiger partial charge in [-0.1, -0.05) is 24.3 Å². The number of benzene rings is 2. The Morgan fingerprint density at radius 3 is 2.69 bits per heavy atom. The Hall–Kier alpha value is -2.89. The summed E-state index contributed by atoms with van der Waals surface area (Å²) in [4.78, 5) is 26.1. The Labute approximate surface area is 151 Å². The van der Waals surface area contributed by atoms with E-state index in [4.69, 9.17) is 4.74 Å². The maximum Gasteiger partial charge on any atom is 0.267 e. The summed E-state index contributed by atoms with van der Waals surface area (Å²) in [6.07, 6.45) is 0.268. The topological polar surface area (TPSA) is 58.6 Å². The van der Waals surface area contributed by atoms with E-state index in [9.17, 15) is 14.0 Å². The Kier molecular flexibility index (Phi) is 5.51. The lowest BCUT2D eigenvalue weighted by Crippen LogP contribution is -2.45. The predicted octanol–water partition coefficient (Wildman–Crippen LogP) is 2.69. The van der Waals surface area contributed by atoms with Crippen LogP contribution in [0.15, 0.2) is 48.5 Å². The van der Waals surface area contributed by atoms with Crippen LogP contribution in [0.25, 0.3) is 0 Å². The number of amides is 2. The van der Waals surface area contributed by atoms with Crippen LogP contribution in [-0.4, -0.2) is 31.0 Å². The van der Waals surface area contributed by atoms with Gasteiger partial charge in [0.05, 0.1) is 5.69 Å². The summed E-state index contributed by atoms with van der Waals surface area (Å²) in [7, 11) is 0. The minimum atomic E-state index is -0.563. The molecule has 6 heteroatoms. The van der Waals surface area contributed by atoms with Crippen LogP contribution in [0.3, 0.4) is 0 Å². The summed E-state index contributed by atoms with van der Waals surface area (Å²) in [5.41, 5.74) is 1.65. The van der Waals surface area contributed by atoms with Gasteiger partial charge in [0.15, 0.2) is 6.10 Å². The number of ether oxygens (including phenoxy) is 1. The van der Waals surface area contributed by atoms with Crippen molar-refractivity contribution in [1.29, 1.82) is 0 Å². The molecule has 0 unspecified atom stereocenters. The monoisotopic (exact) mass is 356 g/mol. The fraction of sp³-hybridized carbons (Fsp3) is 0.300. The molecule has 5 nitrogen and oxygen atoms in total. The Balaban J connectivity index is 1.51. The van der Waals surface area contributed by atoms with E-state index in [1.807, 2.05) is 24.3 Å². The molecule has 26 heavy (non-hydrogen) atoms. The van der Waals surface area contributed by atoms with Gasteiger partial charge < -0.3 is 15.0 Å². The van der Waals surface area contributed by atoms with E-state index in [2.05, 4.69) is 5.32 Å². The summed E-state index contributed by atoms with van der Waals surface area (Å²) in [6.45, 7) is 2.47. The largest absolute Gasteiger partial charge is 0.479 e. The van der Waals surface area contributed by atoms with Crippen molar-refractivity contribution < 1.29 is 18.7 Å². The zero-order chi connectivity index (χ0) is 18.5. The molecule has 1 aliphatic heterocycles. The van der Waals surface area contributed by atoms with Gasteiger partial charge in [0, 0.05) is 19.5 Å². The Morgan fingerprint density at radius 2 is 1.92 bits per heavy atom. The number of anilines is 1. The Morgan fingerprint density at radius 1 is 1.19 bits per heavy atom. The SMILES string of the molecule is C[C@H]1Oc2ccccc2N(CCC(=O)NCCc2ccc(F)cc2)C1=O. The second-order valence-corrected chi connectivity index (χ2v) is 6.19. The molecule has 1 heterocycles. The highest BCUT2D eigenvalue weighted by Crippen LogP contribution is 2.33. The number of carbonyl (C=O) groups is 2. The van der Waals surface area contributed by atoms with Crippen molar-refractivity contribution in [2.24, 2.45) is 0 Å². The first-order valence-corrected chi connectivity index (χ1v) is 8.63. The van der Waals surface area contributed by atoms with Crippen molar-refractivity contribution in [2.75, 3.05) is 18.0 Å². The molecule has 1 aliphatic rings. The van der Waals surface area contributed by atoms with Crippen LogP contribution in [-0.2, 0) is 16.0 Å². The highest BCUT2D eigenvalue weighted by molar-refractivity contribution is 6.00. The first-order chi connectivity index (χ1) is 12.5. The van der Waals surface area contributed by atoms with E-state index >= 15 is 0 Å². The predicted molar refractivity (Wildman–Crippen MR) is 96.6 cm³/mol. The summed E-state index contributed by atoms with van der Waals surface area (Å²) in [5.74, 6) is 0.0955. The van der Waals surface area contributed by atoms with E-state index in [1.165, 1.54) is 12.1 Å². The van der Waals surface area contributed by atoms with E-state index in [0.717, 1.165) is 5.56 Å². The molecule has 0 bridgehead atoms. The fourth-order valence-corrected chi connectivity index (χ4v) is 2.89. The third kappa shape index (κ3) is 4.20. The molecule has 0 radical (unpaired) electrons. The molecule has 0 saturated heterocycles. The van der Waals surface area contributed by atoms with Gasteiger partial charge in [-0.3, -0.25) is 9.59 Å². The maximum atomic E-state index is 12.9. The minimum Gasteiger partial charge on any atom is -0.479 e. The smallest absolute Gasteiger partial charge is 0.267 e. The second-order valence-electron chi connectivity index (χ2n) is 6.19. The average Bonchev–Trinajstić information content (AvgIpc) is 2.64. The van der Waals surface area contributed by atoms with Crippen molar-refractivity contribution in [3.05, 3.63) is 59.9 Å². The number of carbonyl (C=O) groups excluding carboxylic acids is 2. The van der Waals surface area contributed by atoms with Crippen molar-refractivity contribution in [1.82, 2.24) is 5.32 Å². The van der Waals surface area contributed by atoms with Crippen LogP contribution in [0.1, 0.15) is 18.9 Å². The van der Waals surface area contributed by atoms with Crippen molar-refractivity contribution in [3.8, 4) is 5.75 Å². The molecule has 136 valence electrons. The van der Waals surface area contributed by atoms with E-state index in [-0.39, 0.29) is 24.1 Å². The van der Waals surface area contributed by atoms with Gasteiger partial charge in [0.2, 0.25) is 5.91 Å². The molecule has 0 saturated carbocycles. The van der Waals surface area contributed by atoms with Crippen LogP contribution in [0, 0.1) is 5.82 Å². The van der Waals surface area contributed by atoms with Gasteiger partial charge >= 0.3 is 0 Å². The number of rotatable bonds is 6. The van der Waals surface area contributed by atoms with E-state index < -0.39 is 6.10 Å². The number of nitrogens with one attached hydrogen (secondary N) is 1. The summed E-state index contributed by atoms with van der Waals surface area (Å²) < 4.78 is 18.5. The fourth-order valence-electron chi connectivity index (χ4n) is 2.89. The van der Waals surface area contributed by atoms with Crippen LogP contribution in [0.2, 0.25) is 0 Å². The average molecular weight is 356 g/mol. The van der Waals surface area contributed by atoms with Gasteiger partial charge in [0.25, 0.3) is 5.91 Å². The second kappa shape index (κ2) is 7.99. The number of fused-ring (bicyclic) bond motifs is 1. The molecule has 1 atom stereocenters. The normalized spacial score (nSPS) is 16.0.